The number of carbonyl (C=O) groups is 2. The van der Waals surface area contributed by atoms with Gasteiger partial charge in [0.15, 0.2) is 11.7 Å². The number of hydrogen-bond acceptors (Lipinski definition) is 6. The van der Waals surface area contributed by atoms with Gasteiger partial charge in [-0.1, -0.05) is 35.9 Å². The highest BCUT2D eigenvalue weighted by Crippen LogP contribution is 2.26. The van der Waals surface area contributed by atoms with Gasteiger partial charge in [0.2, 0.25) is 11.7 Å². The second-order valence-electron chi connectivity index (χ2n) is 9.16. The van der Waals surface area contributed by atoms with E-state index in [-0.39, 0.29) is 17.1 Å². The summed E-state index contributed by atoms with van der Waals surface area (Å²) in [7, 11) is 0. The summed E-state index contributed by atoms with van der Waals surface area (Å²) in [5.41, 5.74) is 1.39. The zero-order valence-corrected chi connectivity index (χ0v) is 23.6. The first kappa shape index (κ1) is 33.4. The molecule has 0 unspecified atom stereocenters. The smallest absolute Gasteiger partial charge is 0.375 e. The molecule has 0 aliphatic rings. The second kappa shape index (κ2) is 15.4. The lowest BCUT2D eigenvalue weighted by molar-refractivity contribution is -0.132. The molecule has 0 heterocycles. The first-order chi connectivity index (χ1) is 21.4. The lowest BCUT2D eigenvalue weighted by Gasteiger charge is -2.05. The molecular formula is C34H21F5N2O4. The molecule has 0 saturated carbocycles. The number of halogens is 5. The highest BCUT2D eigenvalue weighted by Gasteiger charge is 2.22. The monoisotopic (exact) mass is 616 g/mol. The van der Waals surface area contributed by atoms with Gasteiger partial charge in [-0.25, -0.2) is 22.8 Å². The molecule has 0 aliphatic carbocycles. The van der Waals surface area contributed by atoms with Gasteiger partial charge in [0, 0.05) is 11.1 Å². The normalized spacial score (nSPS) is 11.4. The molecule has 4 rings (SSSR count). The number of ether oxygens (including phenoxy) is 2. The van der Waals surface area contributed by atoms with E-state index in [9.17, 15) is 31.5 Å². The largest absolute Gasteiger partial charge is 0.421 e. The van der Waals surface area contributed by atoms with Gasteiger partial charge in [0.05, 0.1) is 23.3 Å². The molecule has 0 aromatic heterocycles. The van der Waals surface area contributed by atoms with E-state index >= 15 is 0 Å². The fraction of sp³-hybridized carbons (Fsp3) is 0.0588. The Morgan fingerprint density at radius 1 is 0.600 bits per heavy atom. The summed E-state index contributed by atoms with van der Waals surface area (Å²) < 4.78 is 78.4. The van der Waals surface area contributed by atoms with E-state index in [4.69, 9.17) is 15.3 Å². The van der Waals surface area contributed by atoms with Crippen LogP contribution in [-0.4, -0.2) is 11.9 Å². The van der Waals surface area contributed by atoms with E-state index in [0.29, 0.717) is 16.7 Å². The summed E-state index contributed by atoms with van der Waals surface area (Å²) in [5, 5.41) is 17.3. The van der Waals surface area contributed by atoms with Gasteiger partial charge in [0.25, 0.3) is 0 Å². The summed E-state index contributed by atoms with van der Waals surface area (Å²) in [6.07, 6.45) is 0. The summed E-state index contributed by atoms with van der Waals surface area (Å²) in [4.78, 5) is 23.2. The maximum Gasteiger partial charge on any atom is 0.375 e. The van der Waals surface area contributed by atoms with E-state index in [1.165, 1.54) is 66.7 Å². The third kappa shape index (κ3) is 9.21. The quantitative estimate of drug-likeness (QED) is 0.0935. The molecule has 0 aliphatic heterocycles. The van der Waals surface area contributed by atoms with Crippen molar-refractivity contribution in [1.82, 2.24) is 0 Å². The van der Waals surface area contributed by atoms with Crippen LogP contribution in [0.25, 0.3) is 11.7 Å². The zero-order chi connectivity index (χ0) is 33.1. The molecule has 45 heavy (non-hydrogen) atoms. The van der Waals surface area contributed by atoms with Crippen molar-refractivity contribution >= 4 is 23.6 Å². The zero-order valence-electron chi connectivity index (χ0n) is 23.6. The molecule has 4 aromatic rings. The Morgan fingerprint density at radius 3 is 1.44 bits per heavy atom. The predicted octanol–water partition coefficient (Wildman–Crippen LogP) is 8.30. The Kier molecular flexibility index (Phi) is 11.5. The topological polar surface area (TPSA) is 100 Å². The van der Waals surface area contributed by atoms with Crippen LogP contribution in [0, 0.1) is 42.3 Å². The van der Waals surface area contributed by atoms with Gasteiger partial charge in [0.1, 0.15) is 17.3 Å². The minimum atomic E-state index is -1.84. The Balaban J connectivity index is 0.000000246. The highest BCUT2D eigenvalue weighted by atomic mass is 19.2. The number of esters is 2. The van der Waals surface area contributed by atoms with E-state index in [2.05, 4.69) is 4.74 Å². The number of aryl methyl sites for hydroxylation is 2. The summed E-state index contributed by atoms with van der Waals surface area (Å²) in [5.74, 6) is -10.4. The van der Waals surface area contributed by atoms with Gasteiger partial charge in [-0.15, -0.1) is 0 Å². The van der Waals surface area contributed by atoms with Crippen LogP contribution in [0.1, 0.15) is 33.4 Å². The van der Waals surface area contributed by atoms with E-state index in [1.807, 2.05) is 12.1 Å². The van der Waals surface area contributed by atoms with E-state index in [0.717, 1.165) is 17.7 Å². The van der Waals surface area contributed by atoms with Crippen molar-refractivity contribution < 1.29 is 41.0 Å². The molecule has 6 nitrogen and oxygen atoms in total. The van der Waals surface area contributed by atoms with Crippen molar-refractivity contribution in [3.05, 3.63) is 142 Å². The van der Waals surface area contributed by atoms with Gasteiger partial charge in [-0.3, -0.25) is 0 Å². The lowest BCUT2D eigenvalue weighted by Crippen LogP contribution is -2.10. The van der Waals surface area contributed by atoms with Crippen LogP contribution in [0.15, 0.2) is 103 Å². The molecule has 4 aromatic carbocycles. The van der Waals surface area contributed by atoms with Gasteiger partial charge >= 0.3 is 11.9 Å². The van der Waals surface area contributed by atoms with Crippen molar-refractivity contribution in [2.24, 2.45) is 0 Å². The van der Waals surface area contributed by atoms with Gasteiger partial charge in [-0.2, -0.15) is 19.3 Å². The molecule has 0 saturated heterocycles. The molecule has 0 N–H and O–H groups in total. The summed E-state index contributed by atoms with van der Waals surface area (Å²) >= 11 is 0. The van der Waals surface area contributed by atoms with Crippen LogP contribution in [0.5, 0.6) is 11.5 Å². The molecule has 226 valence electrons. The fourth-order valence-corrected chi connectivity index (χ4v) is 3.42. The van der Waals surface area contributed by atoms with Crippen molar-refractivity contribution in [3.63, 3.8) is 0 Å². The van der Waals surface area contributed by atoms with Crippen LogP contribution in [0.4, 0.5) is 22.0 Å². The molecule has 0 radical (unpaired) electrons. The molecular weight excluding hydrogens is 595 g/mol. The maximum atomic E-state index is 13.9. The van der Waals surface area contributed by atoms with Gasteiger partial charge in [-0.05, 0) is 80.1 Å². The third-order valence-electron chi connectivity index (χ3n) is 5.80. The average molecular weight is 617 g/mol. The van der Waals surface area contributed by atoms with Crippen LogP contribution in [0.3, 0.4) is 0 Å². The third-order valence-corrected chi connectivity index (χ3v) is 5.80. The molecule has 0 atom stereocenters. The van der Waals surface area contributed by atoms with Gasteiger partial charge < -0.3 is 9.47 Å². The maximum absolute atomic E-state index is 13.9. The van der Waals surface area contributed by atoms with Crippen molar-refractivity contribution in [2.45, 2.75) is 13.8 Å². The van der Waals surface area contributed by atoms with Crippen molar-refractivity contribution in [3.8, 4) is 23.6 Å². The lowest BCUT2D eigenvalue weighted by atomic mass is 10.1. The SMILES string of the molecule is Cc1ccc(C(F)=C(F)C(=O)Oc2ccc(C#N)cc2)c(F)c1.Cc1ccc(C(F)=C(F)C(=O)Oc2ccc(C#N)cc2)cc1. The Hall–Kier alpha value is -6.07. The molecule has 0 spiro atoms. The van der Waals surface area contributed by atoms with Crippen molar-refractivity contribution in [2.75, 3.05) is 0 Å². The molecule has 0 amide bonds. The van der Waals surface area contributed by atoms with Crippen LogP contribution in [-0.2, 0) is 9.59 Å². The minimum absolute atomic E-state index is 0.0239. The molecule has 0 fully saturated rings. The number of carbonyl (C=O) groups excluding carboxylic acids is 2. The van der Waals surface area contributed by atoms with E-state index < -0.39 is 46.6 Å². The summed E-state index contributed by atoms with van der Waals surface area (Å²) in [6, 6.07) is 23.8. The number of nitrogens with zero attached hydrogens (tertiary/aromatic N) is 2. The first-order valence-corrected chi connectivity index (χ1v) is 12.8. The second-order valence-corrected chi connectivity index (χ2v) is 9.16. The van der Waals surface area contributed by atoms with Crippen LogP contribution >= 0.6 is 0 Å². The number of rotatable bonds is 6. The summed E-state index contributed by atoms with van der Waals surface area (Å²) in [6.45, 7) is 3.39. The minimum Gasteiger partial charge on any atom is -0.421 e. The number of nitriles is 2. The first-order valence-electron chi connectivity index (χ1n) is 12.8. The average Bonchev–Trinajstić information content (AvgIpc) is 3.04. The van der Waals surface area contributed by atoms with Crippen LogP contribution in [0.2, 0.25) is 0 Å². The van der Waals surface area contributed by atoms with Crippen LogP contribution < -0.4 is 9.47 Å². The van der Waals surface area contributed by atoms with Crippen molar-refractivity contribution in [1.29, 1.82) is 10.5 Å². The van der Waals surface area contributed by atoms with E-state index in [1.54, 1.807) is 26.0 Å². The Morgan fingerprint density at radius 2 is 1.02 bits per heavy atom. The fourth-order valence-electron chi connectivity index (χ4n) is 3.42. The highest BCUT2D eigenvalue weighted by molar-refractivity contribution is 5.95. The molecule has 11 heteroatoms. The number of benzene rings is 4. The number of hydrogen-bond donors (Lipinski definition) is 0. The standard InChI is InChI=1S/C17H10F3NO2.C17H11F2NO2/c1-10-2-7-13(14(18)8-10)15(19)16(20)17(22)23-12-5-3-11(9-21)4-6-12;1-11-2-6-13(7-3-11)15(18)16(19)17(21)22-14-8-4-12(10-20)5-9-14/h2-8H,1H3;2-9H,1H3. The predicted molar refractivity (Wildman–Crippen MR) is 154 cm³/mol. The molecule has 0 bridgehead atoms. The Labute approximate surface area is 254 Å². The Bertz CT molecular complexity index is 1850.